The van der Waals surface area contributed by atoms with Gasteiger partial charge in [0.15, 0.2) is 0 Å². The van der Waals surface area contributed by atoms with Crippen LogP contribution in [-0.2, 0) is 5.41 Å². The Morgan fingerprint density at radius 2 is 1.32 bits per heavy atom. The molecule has 31 heavy (non-hydrogen) atoms. The molecule has 1 aliphatic carbocycles. The van der Waals surface area contributed by atoms with Gasteiger partial charge in [0.25, 0.3) is 5.69 Å². The summed E-state index contributed by atoms with van der Waals surface area (Å²) < 4.78 is 0. The summed E-state index contributed by atoms with van der Waals surface area (Å²) in [6.07, 6.45) is 4.07. The van der Waals surface area contributed by atoms with Crippen LogP contribution in [0.2, 0.25) is 0 Å². The second kappa shape index (κ2) is 7.96. The van der Waals surface area contributed by atoms with E-state index in [-0.39, 0.29) is 16.0 Å². The van der Waals surface area contributed by atoms with Gasteiger partial charge in [0.05, 0.1) is 4.92 Å². The van der Waals surface area contributed by atoms with E-state index >= 15 is 0 Å². The monoisotopic (exact) mass is 413 g/mol. The molecular weight excluding hydrogens is 382 g/mol. The largest absolute Gasteiger partial charge is 0.269 e. The smallest absolute Gasteiger partial charge is 0.258 e. The van der Waals surface area contributed by atoms with Crippen LogP contribution >= 0.6 is 0 Å². The topological polar surface area (TPSA) is 43.1 Å². The van der Waals surface area contributed by atoms with Gasteiger partial charge in [-0.05, 0) is 95.8 Å². The minimum atomic E-state index is -0.268. The van der Waals surface area contributed by atoms with Crippen LogP contribution in [-0.4, -0.2) is 4.92 Å². The zero-order valence-electron chi connectivity index (χ0n) is 19.2. The van der Waals surface area contributed by atoms with Crippen molar-refractivity contribution in [3.8, 4) is 22.3 Å². The maximum absolute atomic E-state index is 11.5. The lowest BCUT2D eigenvalue weighted by molar-refractivity contribution is -0.384. The lowest BCUT2D eigenvalue weighted by Gasteiger charge is -2.32. The summed E-state index contributed by atoms with van der Waals surface area (Å²) in [4.78, 5) is 11.3. The third-order valence-corrected chi connectivity index (χ3v) is 7.06. The Kier molecular flexibility index (Phi) is 5.47. The molecule has 3 aromatic rings. The second-order valence-electron chi connectivity index (χ2n) is 9.08. The molecule has 0 spiro atoms. The van der Waals surface area contributed by atoms with E-state index < -0.39 is 0 Å². The molecule has 0 fully saturated rings. The standard InChI is InChI=1S/C28H31NO2/c1-6-12-28(13-7-2)26-16-21(25-15-19(4)18(3)14-20(25)5)8-10-23(26)24-11-9-22(29(30)31)17-27(24)28/h8-11,14-17H,6-7,12-13H2,1-5H3. The highest BCUT2D eigenvalue weighted by Gasteiger charge is 2.42. The number of fused-ring (bicyclic) bond motifs is 3. The SMILES string of the molecule is CCCC1(CCC)c2cc(-c3cc(C)c(C)cc3C)ccc2-c2ccc([N+](=O)[O-])cc21. The van der Waals surface area contributed by atoms with Crippen molar-refractivity contribution >= 4 is 5.69 Å². The highest BCUT2D eigenvalue weighted by Crippen LogP contribution is 2.55. The Labute approximate surface area is 185 Å². The van der Waals surface area contributed by atoms with Crippen molar-refractivity contribution < 1.29 is 4.92 Å². The maximum Gasteiger partial charge on any atom is 0.269 e. The van der Waals surface area contributed by atoms with Crippen molar-refractivity contribution in [2.75, 3.05) is 0 Å². The predicted molar refractivity (Wildman–Crippen MR) is 129 cm³/mol. The molecule has 0 aliphatic heterocycles. The van der Waals surface area contributed by atoms with Crippen molar-refractivity contribution in [3.63, 3.8) is 0 Å². The van der Waals surface area contributed by atoms with Gasteiger partial charge in [0.2, 0.25) is 0 Å². The summed E-state index contributed by atoms with van der Waals surface area (Å²) in [5.74, 6) is 0. The van der Waals surface area contributed by atoms with Crippen molar-refractivity contribution in [2.24, 2.45) is 0 Å². The van der Waals surface area contributed by atoms with Crippen LogP contribution in [0.4, 0.5) is 5.69 Å². The van der Waals surface area contributed by atoms with Crippen LogP contribution in [0.25, 0.3) is 22.3 Å². The molecule has 0 aromatic heterocycles. The number of hydrogen-bond acceptors (Lipinski definition) is 2. The molecule has 1 aliphatic rings. The number of aryl methyl sites for hydroxylation is 3. The fraction of sp³-hybridized carbons (Fsp3) is 0.357. The Morgan fingerprint density at radius 3 is 1.94 bits per heavy atom. The van der Waals surface area contributed by atoms with E-state index in [1.165, 1.54) is 38.9 Å². The van der Waals surface area contributed by atoms with E-state index in [0.717, 1.165) is 36.8 Å². The average molecular weight is 414 g/mol. The van der Waals surface area contributed by atoms with Crippen LogP contribution < -0.4 is 0 Å². The molecule has 0 atom stereocenters. The molecule has 0 unspecified atom stereocenters. The molecule has 4 rings (SSSR count). The van der Waals surface area contributed by atoms with Crippen LogP contribution in [0.1, 0.15) is 67.3 Å². The molecule has 0 saturated heterocycles. The molecule has 3 aromatic carbocycles. The molecule has 3 heteroatoms. The van der Waals surface area contributed by atoms with Crippen LogP contribution in [0, 0.1) is 30.9 Å². The molecule has 0 bridgehead atoms. The first-order valence-corrected chi connectivity index (χ1v) is 11.3. The number of nitro benzene ring substituents is 1. The lowest BCUT2D eigenvalue weighted by atomic mass is 9.71. The number of hydrogen-bond donors (Lipinski definition) is 0. The molecular formula is C28H31NO2. The van der Waals surface area contributed by atoms with Gasteiger partial charge in [-0.3, -0.25) is 10.1 Å². The fourth-order valence-electron chi connectivity index (χ4n) is 5.55. The highest BCUT2D eigenvalue weighted by molar-refractivity contribution is 5.85. The second-order valence-corrected chi connectivity index (χ2v) is 9.08. The van der Waals surface area contributed by atoms with Gasteiger partial charge >= 0.3 is 0 Å². The van der Waals surface area contributed by atoms with E-state index in [2.05, 4.69) is 65.0 Å². The number of benzene rings is 3. The summed E-state index contributed by atoms with van der Waals surface area (Å²) in [6, 6.07) is 16.8. The summed E-state index contributed by atoms with van der Waals surface area (Å²) >= 11 is 0. The molecule has 0 heterocycles. The van der Waals surface area contributed by atoms with E-state index in [4.69, 9.17) is 0 Å². The summed E-state index contributed by atoms with van der Waals surface area (Å²) in [5, 5.41) is 11.5. The van der Waals surface area contributed by atoms with Gasteiger partial charge in [0.1, 0.15) is 0 Å². The number of nitrogens with zero attached hydrogens (tertiary/aromatic N) is 1. The van der Waals surface area contributed by atoms with E-state index in [9.17, 15) is 10.1 Å². The zero-order chi connectivity index (χ0) is 22.3. The van der Waals surface area contributed by atoms with Crippen molar-refractivity contribution in [1.82, 2.24) is 0 Å². The van der Waals surface area contributed by atoms with Gasteiger partial charge in [-0.1, -0.05) is 51.0 Å². The molecule has 160 valence electrons. The molecule has 0 radical (unpaired) electrons. The van der Waals surface area contributed by atoms with Gasteiger partial charge in [-0.25, -0.2) is 0 Å². The average Bonchev–Trinajstić information content (AvgIpc) is 3.00. The quantitative estimate of drug-likeness (QED) is 0.303. The zero-order valence-corrected chi connectivity index (χ0v) is 19.2. The van der Waals surface area contributed by atoms with E-state index in [1.54, 1.807) is 6.07 Å². The van der Waals surface area contributed by atoms with Gasteiger partial charge in [-0.15, -0.1) is 0 Å². The Bertz CT molecular complexity index is 1170. The number of rotatable bonds is 6. The highest BCUT2D eigenvalue weighted by atomic mass is 16.6. The van der Waals surface area contributed by atoms with Crippen molar-refractivity contribution in [2.45, 2.75) is 65.7 Å². The third-order valence-electron chi connectivity index (χ3n) is 7.06. The Hall–Kier alpha value is -2.94. The molecule has 0 saturated carbocycles. The first-order chi connectivity index (χ1) is 14.8. The third kappa shape index (κ3) is 3.37. The molecule has 3 nitrogen and oxygen atoms in total. The van der Waals surface area contributed by atoms with E-state index in [1.807, 2.05) is 12.1 Å². The molecule has 0 N–H and O–H groups in total. The number of non-ortho nitro benzene ring substituents is 1. The first-order valence-electron chi connectivity index (χ1n) is 11.3. The Balaban J connectivity index is 1.97. The Morgan fingerprint density at radius 1 is 0.742 bits per heavy atom. The van der Waals surface area contributed by atoms with Crippen LogP contribution in [0.3, 0.4) is 0 Å². The van der Waals surface area contributed by atoms with Gasteiger partial charge in [0, 0.05) is 17.5 Å². The van der Waals surface area contributed by atoms with Crippen LogP contribution in [0.15, 0.2) is 48.5 Å². The summed E-state index contributed by atoms with van der Waals surface area (Å²) in [6.45, 7) is 10.9. The van der Waals surface area contributed by atoms with Gasteiger partial charge in [-0.2, -0.15) is 0 Å². The normalized spacial score (nSPS) is 13.7. The maximum atomic E-state index is 11.5. The predicted octanol–water partition coefficient (Wildman–Crippen LogP) is 8.05. The van der Waals surface area contributed by atoms with Crippen molar-refractivity contribution in [3.05, 3.63) is 86.5 Å². The molecule has 0 amide bonds. The minimum absolute atomic E-state index is 0.163. The summed E-state index contributed by atoms with van der Waals surface area (Å²) in [7, 11) is 0. The van der Waals surface area contributed by atoms with E-state index in [0.29, 0.717) is 0 Å². The van der Waals surface area contributed by atoms with Gasteiger partial charge < -0.3 is 0 Å². The van der Waals surface area contributed by atoms with Crippen molar-refractivity contribution in [1.29, 1.82) is 0 Å². The number of nitro groups is 1. The fourth-order valence-corrected chi connectivity index (χ4v) is 5.55. The van der Waals surface area contributed by atoms with Crippen LogP contribution in [0.5, 0.6) is 0 Å². The minimum Gasteiger partial charge on any atom is -0.258 e. The first kappa shape index (κ1) is 21.3. The lowest BCUT2D eigenvalue weighted by Crippen LogP contribution is -2.25. The summed E-state index contributed by atoms with van der Waals surface area (Å²) in [5.41, 5.74) is 11.3.